The van der Waals surface area contributed by atoms with E-state index >= 15 is 0 Å². The van der Waals surface area contributed by atoms with E-state index < -0.39 is 5.60 Å². The number of aryl methyl sites for hydroxylation is 1. The van der Waals surface area contributed by atoms with Gasteiger partial charge in [0.25, 0.3) is 0 Å². The highest BCUT2D eigenvalue weighted by atomic mass is 16.5. The van der Waals surface area contributed by atoms with Gasteiger partial charge in [-0.2, -0.15) is 0 Å². The highest BCUT2D eigenvalue weighted by Crippen LogP contribution is 2.42. The number of rotatable bonds is 4. The second-order valence-corrected chi connectivity index (χ2v) is 8.34. The number of Topliss-reactive ketones (excluding diaryl/α,β-unsaturated/α-hetero) is 1. The third-order valence-electron chi connectivity index (χ3n) is 5.56. The van der Waals surface area contributed by atoms with Crippen LogP contribution < -0.4 is 10.1 Å². The van der Waals surface area contributed by atoms with E-state index in [9.17, 15) is 9.90 Å². The van der Waals surface area contributed by atoms with E-state index in [1.165, 1.54) is 0 Å². The number of ketones is 1. The second-order valence-electron chi connectivity index (χ2n) is 8.34. The molecule has 0 unspecified atom stereocenters. The van der Waals surface area contributed by atoms with Gasteiger partial charge >= 0.3 is 0 Å². The van der Waals surface area contributed by atoms with Gasteiger partial charge in [-0.25, -0.2) is 4.98 Å². The summed E-state index contributed by atoms with van der Waals surface area (Å²) in [6.07, 6.45) is 4.52. The average Bonchev–Trinajstić information content (AvgIpc) is 2.94. The summed E-state index contributed by atoms with van der Waals surface area (Å²) in [6.45, 7) is 6.46. The molecule has 1 aliphatic carbocycles. The Bertz CT molecular complexity index is 834. The van der Waals surface area contributed by atoms with Gasteiger partial charge in [0, 0.05) is 37.0 Å². The number of aromatic nitrogens is 2. The molecule has 2 atom stereocenters. The molecule has 6 nitrogen and oxygen atoms in total. The first-order valence-corrected chi connectivity index (χ1v) is 9.41. The van der Waals surface area contributed by atoms with Crippen molar-refractivity contribution in [1.29, 1.82) is 0 Å². The van der Waals surface area contributed by atoms with Crippen LogP contribution in [0.4, 0.5) is 0 Å². The minimum absolute atomic E-state index is 0.0667. The van der Waals surface area contributed by atoms with Gasteiger partial charge in [0.05, 0.1) is 23.0 Å². The fraction of sp³-hybridized carbons (Fsp3) is 0.600. The first-order chi connectivity index (χ1) is 12.3. The highest BCUT2D eigenvalue weighted by molar-refractivity contribution is 5.81. The summed E-state index contributed by atoms with van der Waals surface area (Å²) in [4.78, 5) is 16.3. The Hall–Kier alpha value is -1.92. The average molecular weight is 357 g/mol. The summed E-state index contributed by atoms with van der Waals surface area (Å²) in [6, 6.07) is 4.58. The molecule has 2 aromatic rings. The number of aliphatic hydroxyl groups is 1. The number of imidazole rings is 1. The van der Waals surface area contributed by atoms with Crippen molar-refractivity contribution in [2.75, 3.05) is 6.61 Å². The summed E-state index contributed by atoms with van der Waals surface area (Å²) >= 11 is 0. The SMILES string of the molecule is Cc1cc(OC[C@@H]2CC(=O)C[C@H](C)N2)cc2ncn(C3CC(C)(O)C3)c12. The molecule has 2 heterocycles. The number of nitrogens with zero attached hydrogens (tertiary/aromatic N) is 2. The standard InChI is InChI=1S/C20H27N3O3/c1-12-4-17(26-10-14-6-16(24)5-13(2)22-14)7-18-19(12)23(11-21-18)15-8-20(3,25)9-15/h4,7,11,13-15,22,25H,5-6,8-10H2,1-3H3/t13-,14-,15?,20?/m0/s1. The number of piperidine rings is 1. The normalized spacial score (nSPS) is 31.8. The first-order valence-electron chi connectivity index (χ1n) is 9.41. The second kappa shape index (κ2) is 6.35. The van der Waals surface area contributed by atoms with Crippen molar-refractivity contribution in [2.24, 2.45) is 0 Å². The van der Waals surface area contributed by atoms with Crippen LogP contribution in [0.25, 0.3) is 11.0 Å². The number of hydrogen-bond acceptors (Lipinski definition) is 5. The molecule has 1 aromatic heterocycles. The lowest BCUT2D eigenvalue weighted by molar-refractivity contribution is -0.121. The molecule has 6 heteroatoms. The molecule has 1 saturated carbocycles. The molecule has 1 aliphatic heterocycles. The lowest BCUT2D eigenvalue weighted by atomic mass is 9.77. The van der Waals surface area contributed by atoms with E-state index in [-0.39, 0.29) is 12.1 Å². The molecule has 0 bridgehead atoms. The van der Waals surface area contributed by atoms with Crippen LogP contribution in [0.2, 0.25) is 0 Å². The zero-order valence-electron chi connectivity index (χ0n) is 15.7. The van der Waals surface area contributed by atoms with Crippen LogP contribution in [0, 0.1) is 6.92 Å². The van der Waals surface area contributed by atoms with Crippen LogP contribution in [0.3, 0.4) is 0 Å². The van der Waals surface area contributed by atoms with Crippen molar-refractivity contribution in [3.05, 3.63) is 24.0 Å². The maximum atomic E-state index is 11.7. The smallest absolute Gasteiger partial charge is 0.136 e. The molecule has 1 saturated heterocycles. The number of carbonyl (C=O) groups excluding carboxylic acids is 1. The Morgan fingerprint density at radius 3 is 2.85 bits per heavy atom. The minimum atomic E-state index is -0.556. The minimum Gasteiger partial charge on any atom is -0.492 e. The number of ether oxygens (including phenoxy) is 1. The molecule has 1 aromatic carbocycles. The highest BCUT2D eigenvalue weighted by Gasteiger charge is 2.40. The van der Waals surface area contributed by atoms with Gasteiger partial charge in [0.1, 0.15) is 18.1 Å². The molecule has 0 spiro atoms. The monoisotopic (exact) mass is 357 g/mol. The van der Waals surface area contributed by atoms with E-state index in [2.05, 4.69) is 21.8 Å². The molecule has 2 fully saturated rings. The topological polar surface area (TPSA) is 76.4 Å². The number of nitrogens with one attached hydrogen (secondary N) is 1. The predicted octanol–water partition coefficient (Wildman–Crippen LogP) is 2.52. The van der Waals surface area contributed by atoms with Crippen LogP contribution in [0.15, 0.2) is 18.5 Å². The van der Waals surface area contributed by atoms with Gasteiger partial charge in [-0.05, 0) is 45.2 Å². The number of hydrogen-bond donors (Lipinski definition) is 2. The van der Waals surface area contributed by atoms with E-state index in [1.807, 2.05) is 32.3 Å². The molecule has 2 aliphatic rings. The quantitative estimate of drug-likeness (QED) is 0.879. The van der Waals surface area contributed by atoms with Crippen molar-refractivity contribution < 1.29 is 14.6 Å². The molecule has 26 heavy (non-hydrogen) atoms. The lowest BCUT2D eigenvalue weighted by Crippen LogP contribution is -2.47. The summed E-state index contributed by atoms with van der Waals surface area (Å²) < 4.78 is 8.15. The number of benzene rings is 1. The van der Waals surface area contributed by atoms with Crippen molar-refractivity contribution in [3.8, 4) is 5.75 Å². The Kier molecular flexibility index (Phi) is 4.28. The van der Waals surface area contributed by atoms with Crippen LogP contribution in [0.1, 0.15) is 51.1 Å². The number of carbonyl (C=O) groups is 1. The maximum absolute atomic E-state index is 11.7. The van der Waals surface area contributed by atoms with Crippen LogP contribution >= 0.6 is 0 Å². The van der Waals surface area contributed by atoms with E-state index in [0.29, 0.717) is 31.3 Å². The van der Waals surface area contributed by atoms with Gasteiger partial charge in [-0.3, -0.25) is 4.79 Å². The van der Waals surface area contributed by atoms with Crippen molar-refractivity contribution in [3.63, 3.8) is 0 Å². The van der Waals surface area contributed by atoms with Gasteiger partial charge in [0.15, 0.2) is 0 Å². The van der Waals surface area contributed by atoms with Crippen molar-refractivity contribution in [2.45, 2.75) is 70.2 Å². The summed E-state index contributed by atoms with van der Waals surface area (Å²) in [5, 5.41) is 13.4. The summed E-state index contributed by atoms with van der Waals surface area (Å²) in [5.74, 6) is 1.08. The van der Waals surface area contributed by atoms with Gasteiger partial charge in [0.2, 0.25) is 0 Å². The van der Waals surface area contributed by atoms with Gasteiger partial charge in [-0.15, -0.1) is 0 Å². The zero-order chi connectivity index (χ0) is 18.5. The van der Waals surface area contributed by atoms with Crippen LogP contribution in [-0.2, 0) is 4.79 Å². The molecular weight excluding hydrogens is 330 g/mol. The largest absolute Gasteiger partial charge is 0.492 e. The third kappa shape index (κ3) is 3.35. The fourth-order valence-corrected chi connectivity index (χ4v) is 4.38. The van der Waals surface area contributed by atoms with E-state index in [1.54, 1.807) is 0 Å². The summed E-state index contributed by atoms with van der Waals surface area (Å²) in [5.41, 5.74) is 2.58. The Labute approximate surface area is 153 Å². The predicted molar refractivity (Wildman–Crippen MR) is 99.5 cm³/mol. The van der Waals surface area contributed by atoms with Crippen molar-refractivity contribution >= 4 is 16.8 Å². The maximum Gasteiger partial charge on any atom is 0.136 e. The zero-order valence-corrected chi connectivity index (χ0v) is 15.7. The Morgan fingerprint density at radius 1 is 1.38 bits per heavy atom. The van der Waals surface area contributed by atoms with Gasteiger partial charge < -0.3 is 19.7 Å². The molecule has 4 rings (SSSR count). The molecule has 140 valence electrons. The fourth-order valence-electron chi connectivity index (χ4n) is 4.38. The van der Waals surface area contributed by atoms with E-state index in [0.717, 1.165) is 35.2 Å². The van der Waals surface area contributed by atoms with Crippen molar-refractivity contribution in [1.82, 2.24) is 14.9 Å². The lowest BCUT2D eigenvalue weighted by Gasteiger charge is -2.41. The Morgan fingerprint density at radius 2 is 2.15 bits per heavy atom. The Balaban J connectivity index is 1.48. The molecule has 0 radical (unpaired) electrons. The third-order valence-corrected chi connectivity index (χ3v) is 5.56. The molecule has 2 N–H and O–H groups in total. The molecular formula is C20H27N3O3. The van der Waals surface area contributed by atoms with Crippen LogP contribution in [0.5, 0.6) is 5.75 Å². The first kappa shape index (κ1) is 17.5. The van der Waals surface area contributed by atoms with Gasteiger partial charge in [-0.1, -0.05) is 0 Å². The summed E-state index contributed by atoms with van der Waals surface area (Å²) in [7, 11) is 0. The molecule has 0 amide bonds. The number of fused-ring (bicyclic) bond motifs is 1. The van der Waals surface area contributed by atoms with Crippen LogP contribution in [-0.4, -0.2) is 44.7 Å². The van der Waals surface area contributed by atoms with E-state index in [4.69, 9.17) is 4.74 Å².